The van der Waals surface area contributed by atoms with Crippen LogP contribution in [-0.2, 0) is 12.3 Å². The van der Waals surface area contributed by atoms with E-state index >= 15 is 0 Å². The van der Waals surface area contributed by atoms with E-state index < -0.39 is 0 Å². The zero-order chi connectivity index (χ0) is 14.9. The van der Waals surface area contributed by atoms with E-state index in [0.29, 0.717) is 0 Å². The normalized spacial score (nSPS) is 11.5. The van der Waals surface area contributed by atoms with E-state index in [1.807, 2.05) is 18.6 Å². The van der Waals surface area contributed by atoms with Gasteiger partial charge in [-0.25, -0.2) is 9.97 Å². The molecule has 0 aliphatic rings. The van der Waals surface area contributed by atoms with Crippen LogP contribution in [0.25, 0.3) is 21.1 Å². The van der Waals surface area contributed by atoms with Crippen molar-refractivity contribution in [2.24, 2.45) is 0 Å². The SMILES string of the molecule is CCn1cnc2c(SCc3csc4ccccc34)nccc21. The monoisotopic (exact) mass is 325 g/mol. The van der Waals surface area contributed by atoms with Crippen LogP contribution in [0.2, 0.25) is 0 Å². The highest BCUT2D eigenvalue weighted by molar-refractivity contribution is 7.98. The van der Waals surface area contributed by atoms with Crippen LogP contribution in [0.1, 0.15) is 12.5 Å². The number of benzene rings is 1. The van der Waals surface area contributed by atoms with Crippen molar-refractivity contribution >= 4 is 44.2 Å². The van der Waals surface area contributed by atoms with E-state index in [4.69, 9.17) is 0 Å². The molecule has 22 heavy (non-hydrogen) atoms. The standard InChI is InChI=1S/C17H15N3S2/c1-2-20-11-19-16-14(20)7-8-18-17(16)22-10-12-9-21-15-6-4-3-5-13(12)15/h3-9,11H,2,10H2,1H3. The lowest BCUT2D eigenvalue weighted by Gasteiger charge is -2.03. The topological polar surface area (TPSA) is 30.7 Å². The summed E-state index contributed by atoms with van der Waals surface area (Å²) in [6.07, 6.45) is 3.78. The van der Waals surface area contributed by atoms with E-state index in [1.165, 1.54) is 15.6 Å². The molecule has 5 heteroatoms. The second kappa shape index (κ2) is 5.74. The number of pyridine rings is 1. The summed E-state index contributed by atoms with van der Waals surface area (Å²) in [6.45, 7) is 3.06. The molecule has 0 saturated carbocycles. The number of nitrogens with zero attached hydrogens (tertiary/aromatic N) is 3. The van der Waals surface area contributed by atoms with Gasteiger partial charge in [-0.3, -0.25) is 0 Å². The van der Waals surface area contributed by atoms with Crippen molar-refractivity contribution in [3.63, 3.8) is 0 Å². The third-order valence-electron chi connectivity index (χ3n) is 3.77. The summed E-state index contributed by atoms with van der Waals surface area (Å²) >= 11 is 3.57. The van der Waals surface area contributed by atoms with Gasteiger partial charge in [-0.15, -0.1) is 11.3 Å². The fourth-order valence-corrected chi connectivity index (χ4v) is 4.64. The van der Waals surface area contributed by atoms with Crippen LogP contribution in [0.3, 0.4) is 0 Å². The van der Waals surface area contributed by atoms with Crippen molar-refractivity contribution < 1.29 is 0 Å². The Hall–Kier alpha value is -1.85. The highest BCUT2D eigenvalue weighted by Gasteiger charge is 2.10. The number of hydrogen-bond donors (Lipinski definition) is 0. The summed E-state index contributed by atoms with van der Waals surface area (Å²) in [4.78, 5) is 9.06. The third-order valence-corrected chi connectivity index (χ3v) is 5.81. The molecule has 1 aromatic carbocycles. The fourth-order valence-electron chi connectivity index (χ4n) is 2.62. The summed E-state index contributed by atoms with van der Waals surface area (Å²) in [6, 6.07) is 10.6. The Morgan fingerprint density at radius 1 is 1.18 bits per heavy atom. The van der Waals surface area contributed by atoms with E-state index in [1.54, 1.807) is 23.1 Å². The molecule has 0 aliphatic carbocycles. The summed E-state index contributed by atoms with van der Waals surface area (Å²) < 4.78 is 3.50. The Morgan fingerprint density at radius 3 is 3.00 bits per heavy atom. The zero-order valence-electron chi connectivity index (χ0n) is 12.2. The first kappa shape index (κ1) is 13.8. The van der Waals surface area contributed by atoms with E-state index in [-0.39, 0.29) is 0 Å². The molecule has 0 amide bonds. The number of imidazole rings is 1. The molecule has 0 spiro atoms. The second-order valence-corrected chi connectivity index (χ2v) is 6.94. The molecule has 4 aromatic rings. The molecule has 0 fully saturated rings. The van der Waals surface area contributed by atoms with Gasteiger partial charge in [0.05, 0.1) is 11.8 Å². The van der Waals surface area contributed by atoms with Crippen LogP contribution in [-0.4, -0.2) is 14.5 Å². The number of aromatic nitrogens is 3. The predicted octanol–water partition coefficient (Wildman–Crippen LogP) is 4.96. The van der Waals surface area contributed by atoms with Gasteiger partial charge in [0.15, 0.2) is 0 Å². The molecular formula is C17H15N3S2. The number of fused-ring (bicyclic) bond motifs is 2. The lowest BCUT2D eigenvalue weighted by molar-refractivity contribution is 0.787. The Kier molecular flexibility index (Phi) is 3.60. The maximum atomic E-state index is 4.53. The molecule has 0 bridgehead atoms. The molecule has 0 N–H and O–H groups in total. The van der Waals surface area contributed by atoms with Crippen LogP contribution >= 0.6 is 23.1 Å². The Morgan fingerprint density at radius 2 is 2.09 bits per heavy atom. The van der Waals surface area contributed by atoms with Gasteiger partial charge < -0.3 is 4.57 Å². The molecule has 0 saturated heterocycles. The molecule has 0 unspecified atom stereocenters. The predicted molar refractivity (Wildman–Crippen MR) is 94.6 cm³/mol. The lowest BCUT2D eigenvalue weighted by Crippen LogP contribution is -1.91. The first-order valence-corrected chi connectivity index (χ1v) is 9.11. The number of thiophene rings is 1. The quantitative estimate of drug-likeness (QED) is 0.497. The highest BCUT2D eigenvalue weighted by atomic mass is 32.2. The number of hydrogen-bond acceptors (Lipinski definition) is 4. The second-order valence-electron chi connectivity index (χ2n) is 5.06. The lowest BCUT2D eigenvalue weighted by atomic mass is 10.2. The molecule has 4 rings (SSSR count). The molecule has 3 nitrogen and oxygen atoms in total. The average molecular weight is 325 g/mol. The van der Waals surface area contributed by atoms with Gasteiger partial charge in [0, 0.05) is 23.2 Å². The van der Waals surface area contributed by atoms with Crippen molar-refractivity contribution in [2.45, 2.75) is 24.2 Å². The van der Waals surface area contributed by atoms with Gasteiger partial charge in [0.25, 0.3) is 0 Å². The van der Waals surface area contributed by atoms with Crippen LogP contribution in [0.5, 0.6) is 0 Å². The Balaban J connectivity index is 1.65. The minimum atomic E-state index is 0.926. The summed E-state index contributed by atoms with van der Waals surface area (Å²) in [7, 11) is 0. The number of aryl methyl sites for hydroxylation is 1. The molecule has 3 heterocycles. The van der Waals surface area contributed by atoms with Crippen molar-refractivity contribution in [1.82, 2.24) is 14.5 Å². The van der Waals surface area contributed by atoms with Gasteiger partial charge in [-0.2, -0.15) is 0 Å². The molecule has 0 radical (unpaired) electrons. The molecule has 3 aromatic heterocycles. The van der Waals surface area contributed by atoms with Crippen molar-refractivity contribution in [3.8, 4) is 0 Å². The van der Waals surface area contributed by atoms with Gasteiger partial charge in [0.2, 0.25) is 0 Å². The maximum Gasteiger partial charge on any atom is 0.124 e. The highest BCUT2D eigenvalue weighted by Crippen LogP contribution is 2.32. The van der Waals surface area contributed by atoms with Gasteiger partial charge in [-0.1, -0.05) is 30.0 Å². The van der Waals surface area contributed by atoms with Crippen LogP contribution < -0.4 is 0 Å². The third kappa shape index (κ3) is 2.30. The van der Waals surface area contributed by atoms with Gasteiger partial charge >= 0.3 is 0 Å². The van der Waals surface area contributed by atoms with E-state index in [0.717, 1.165) is 28.4 Å². The van der Waals surface area contributed by atoms with Crippen molar-refractivity contribution in [2.75, 3.05) is 0 Å². The van der Waals surface area contributed by atoms with Crippen LogP contribution in [0.4, 0.5) is 0 Å². The van der Waals surface area contributed by atoms with E-state index in [9.17, 15) is 0 Å². The summed E-state index contributed by atoms with van der Waals surface area (Å²) in [5.41, 5.74) is 3.54. The molecule has 0 aliphatic heterocycles. The minimum absolute atomic E-state index is 0.926. The number of thioether (sulfide) groups is 1. The Labute approximate surface area is 137 Å². The van der Waals surface area contributed by atoms with Gasteiger partial charge in [0.1, 0.15) is 10.5 Å². The van der Waals surface area contributed by atoms with Crippen LogP contribution in [0, 0.1) is 0 Å². The summed E-state index contributed by atoms with van der Waals surface area (Å²) in [5.74, 6) is 0.926. The summed E-state index contributed by atoms with van der Waals surface area (Å²) in [5, 5.41) is 4.62. The molecule has 110 valence electrons. The van der Waals surface area contributed by atoms with Crippen molar-refractivity contribution in [3.05, 3.63) is 53.8 Å². The van der Waals surface area contributed by atoms with Gasteiger partial charge in [-0.05, 0) is 35.4 Å². The zero-order valence-corrected chi connectivity index (χ0v) is 13.8. The van der Waals surface area contributed by atoms with E-state index in [2.05, 4.69) is 51.1 Å². The largest absolute Gasteiger partial charge is 0.331 e. The minimum Gasteiger partial charge on any atom is -0.331 e. The average Bonchev–Trinajstić information content (AvgIpc) is 3.17. The first-order chi connectivity index (χ1) is 10.9. The first-order valence-electron chi connectivity index (χ1n) is 7.24. The fraction of sp³-hybridized carbons (Fsp3) is 0.176. The van der Waals surface area contributed by atoms with Crippen molar-refractivity contribution in [1.29, 1.82) is 0 Å². The smallest absolute Gasteiger partial charge is 0.124 e. The molecule has 0 atom stereocenters. The number of rotatable bonds is 4. The molecular weight excluding hydrogens is 310 g/mol. The maximum absolute atomic E-state index is 4.53. The van der Waals surface area contributed by atoms with Crippen LogP contribution in [0.15, 0.2) is 53.3 Å². The Bertz CT molecular complexity index is 939.